The first-order chi connectivity index (χ1) is 13.5. The van der Waals surface area contributed by atoms with Gasteiger partial charge in [-0.15, -0.1) is 0 Å². The van der Waals surface area contributed by atoms with E-state index in [1.807, 2.05) is 0 Å². The van der Waals surface area contributed by atoms with Gasteiger partial charge in [0.15, 0.2) is 0 Å². The topological polar surface area (TPSA) is 39.4 Å². The van der Waals surface area contributed by atoms with E-state index in [4.69, 9.17) is 0 Å². The first kappa shape index (κ1) is 20.8. The van der Waals surface area contributed by atoms with Crippen molar-refractivity contribution >= 4 is 11.5 Å². The molecule has 1 aromatic rings. The van der Waals surface area contributed by atoms with Crippen LogP contribution in [0.3, 0.4) is 0 Å². The molecule has 2 heterocycles. The molecule has 2 aliphatic heterocycles. The lowest BCUT2D eigenvalue weighted by molar-refractivity contribution is -0.327. The molecule has 0 aliphatic carbocycles. The van der Waals surface area contributed by atoms with Gasteiger partial charge in [0.1, 0.15) is 17.5 Å². The van der Waals surface area contributed by atoms with Crippen molar-refractivity contribution in [3.63, 3.8) is 0 Å². The molecule has 0 unspecified atom stereocenters. The second-order valence-electron chi connectivity index (χ2n) is 6.23. The standard InChI is InChI=1S/C18H11F8N3/c19-15(20)17(23,24)18(25,26)16(21,22)12-8-13(10-4-2-1-3-5-10)29-7-6-28-14(29)11(12)9-27/h1-5,8,15H,6-7H2. The molecular formula is C18H11F8N3. The second kappa shape index (κ2) is 6.86. The monoisotopic (exact) mass is 421 g/mol. The summed E-state index contributed by atoms with van der Waals surface area (Å²) in [5, 5.41) is 9.25. The van der Waals surface area contributed by atoms with Crippen molar-refractivity contribution in [2.75, 3.05) is 13.1 Å². The Morgan fingerprint density at radius 1 is 1.03 bits per heavy atom. The molecule has 29 heavy (non-hydrogen) atoms. The van der Waals surface area contributed by atoms with E-state index in [9.17, 15) is 40.4 Å². The van der Waals surface area contributed by atoms with Crippen LogP contribution in [0.2, 0.25) is 0 Å². The number of allylic oxidation sites excluding steroid dienone is 2. The van der Waals surface area contributed by atoms with E-state index in [0.29, 0.717) is 6.08 Å². The van der Waals surface area contributed by atoms with Crippen LogP contribution in [-0.2, 0) is 0 Å². The van der Waals surface area contributed by atoms with Crippen molar-refractivity contribution < 1.29 is 35.1 Å². The molecule has 0 N–H and O–H groups in total. The molecular weight excluding hydrogens is 410 g/mol. The summed E-state index contributed by atoms with van der Waals surface area (Å²) in [5.41, 5.74) is -2.69. The van der Waals surface area contributed by atoms with E-state index in [-0.39, 0.29) is 24.4 Å². The number of nitrogens with zero attached hydrogens (tertiary/aromatic N) is 3. The molecule has 0 fully saturated rings. The van der Waals surface area contributed by atoms with Gasteiger partial charge in [-0.25, -0.2) is 8.78 Å². The molecule has 11 heteroatoms. The number of rotatable bonds is 5. The number of amidine groups is 1. The maximum atomic E-state index is 14.6. The lowest BCUT2D eigenvalue weighted by atomic mass is 9.89. The van der Waals surface area contributed by atoms with E-state index < -0.39 is 41.2 Å². The Hall–Kier alpha value is -2.90. The summed E-state index contributed by atoms with van der Waals surface area (Å²) >= 11 is 0. The van der Waals surface area contributed by atoms with Crippen molar-refractivity contribution in [3.05, 3.63) is 53.1 Å². The largest absolute Gasteiger partial charge is 0.382 e. The molecule has 0 amide bonds. The summed E-state index contributed by atoms with van der Waals surface area (Å²) < 4.78 is 109. The molecule has 0 saturated heterocycles. The van der Waals surface area contributed by atoms with E-state index in [1.54, 1.807) is 6.07 Å². The van der Waals surface area contributed by atoms with Crippen LogP contribution in [0.25, 0.3) is 5.70 Å². The number of hydrogen-bond donors (Lipinski definition) is 0. The van der Waals surface area contributed by atoms with Crippen molar-refractivity contribution in [1.82, 2.24) is 4.90 Å². The Bertz CT molecular complexity index is 942. The highest BCUT2D eigenvalue weighted by Gasteiger charge is 2.76. The fourth-order valence-corrected chi connectivity index (χ4v) is 3.02. The Kier molecular flexibility index (Phi) is 4.93. The molecule has 1 aromatic carbocycles. The zero-order chi connectivity index (χ0) is 21.6. The third-order valence-corrected chi connectivity index (χ3v) is 4.51. The summed E-state index contributed by atoms with van der Waals surface area (Å²) in [4.78, 5) is 5.14. The number of nitriles is 1. The van der Waals surface area contributed by atoms with E-state index in [1.165, 1.54) is 35.2 Å². The van der Waals surface area contributed by atoms with Crippen molar-refractivity contribution in [3.8, 4) is 6.07 Å². The zero-order valence-corrected chi connectivity index (χ0v) is 14.3. The quantitative estimate of drug-likeness (QED) is 0.644. The van der Waals surface area contributed by atoms with Gasteiger partial charge in [0.25, 0.3) is 0 Å². The fraction of sp³-hybridized carbons (Fsp3) is 0.333. The van der Waals surface area contributed by atoms with Gasteiger partial charge >= 0.3 is 24.2 Å². The minimum atomic E-state index is -6.47. The summed E-state index contributed by atoms with van der Waals surface area (Å²) in [6, 6.07) is 8.79. The molecule has 0 saturated carbocycles. The Labute approximate surface area is 159 Å². The Morgan fingerprint density at radius 3 is 2.21 bits per heavy atom. The molecule has 0 radical (unpaired) electrons. The average Bonchev–Trinajstić information content (AvgIpc) is 3.16. The number of hydrogen-bond acceptors (Lipinski definition) is 3. The third-order valence-electron chi connectivity index (χ3n) is 4.51. The lowest BCUT2D eigenvalue weighted by Crippen LogP contribution is -2.58. The second-order valence-corrected chi connectivity index (χ2v) is 6.23. The number of halogens is 8. The summed E-state index contributed by atoms with van der Waals surface area (Å²) in [5.74, 6) is -19.0. The van der Waals surface area contributed by atoms with E-state index >= 15 is 0 Å². The highest BCUT2D eigenvalue weighted by Crippen LogP contribution is 2.53. The van der Waals surface area contributed by atoms with Crippen LogP contribution >= 0.6 is 0 Å². The van der Waals surface area contributed by atoms with Gasteiger partial charge in [-0.2, -0.15) is 31.6 Å². The van der Waals surface area contributed by atoms with Crippen LogP contribution in [-0.4, -0.2) is 48.0 Å². The number of fused-ring (bicyclic) bond motifs is 1. The number of benzene rings is 1. The normalized spacial score (nSPS) is 17.9. The summed E-state index contributed by atoms with van der Waals surface area (Å²) in [6.07, 6.45) is -4.59. The SMILES string of the molecule is N#CC1=C(C(F)(F)C(F)(F)C(F)(F)C(F)F)C=C(c2ccccc2)N2CCN=C12. The average molecular weight is 421 g/mol. The van der Waals surface area contributed by atoms with Gasteiger partial charge in [-0.3, -0.25) is 4.99 Å². The van der Waals surface area contributed by atoms with Gasteiger partial charge in [0.05, 0.1) is 17.8 Å². The number of aliphatic imine (C=N–C) groups is 1. The van der Waals surface area contributed by atoms with Crippen molar-refractivity contribution in [2.24, 2.45) is 4.99 Å². The van der Waals surface area contributed by atoms with Crippen LogP contribution in [0.4, 0.5) is 35.1 Å². The molecule has 0 bridgehead atoms. The summed E-state index contributed by atoms with van der Waals surface area (Å²) in [6.45, 7) is 0.163. The van der Waals surface area contributed by atoms with Gasteiger partial charge in [-0.05, 0) is 11.6 Å². The minimum Gasteiger partial charge on any atom is -0.323 e. The molecule has 3 nitrogen and oxygen atoms in total. The van der Waals surface area contributed by atoms with Crippen LogP contribution < -0.4 is 0 Å². The van der Waals surface area contributed by atoms with Crippen molar-refractivity contribution in [2.45, 2.75) is 24.2 Å². The molecule has 0 aromatic heterocycles. The van der Waals surface area contributed by atoms with Crippen LogP contribution in [0.1, 0.15) is 5.56 Å². The Balaban J connectivity index is 2.25. The lowest BCUT2D eigenvalue weighted by Gasteiger charge is -2.36. The third kappa shape index (κ3) is 2.97. The van der Waals surface area contributed by atoms with Crippen LogP contribution in [0.15, 0.2) is 52.5 Å². The molecule has 154 valence electrons. The highest BCUT2D eigenvalue weighted by atomic mass is 19.4. The predicted octanol–water partition coefficient (Wildman–Crippen LogP) is 4.75. The molecule has 0 spiro atoms. The van der Waals surface area contributed by atoms with Crippen molar-refractivity contribution in [1.29, 1.82) is 5.26 Å². The van der Waals surface area contributed by atoms with Crippen LogP contribution in [0, 0.1) is 11.3 Å². The van der Waals surface area contributed by atoms with Gasteiger partial charge < -0.3 is 4.90 Å². The van der Waals surface area contributed by atoms with Gasteiger partial charge in [0.2, 0.25) is 0 Å². The van der Waals surface area contributed by atoms with Gasteiger partial charge in [0, 0.05) is 6.54 Å². The maximum Gasteiger partial charge on any atom is 0.382 e. The zero-order valence-electron chi connectivity index (χ0n) is 14.3. The number of alkyl halides is 8. The molecule has 3 rings (SSSR count). The minimum absolute atomic E-state index is 0.0348. The first-order valence-corrected chi connectivity index (χ1v) is 8.12. The summed E-state index contributed by atoms with van der Waals surface area (Å²) in [7, 11) is 0. The Morgan fingerprint density at radius 2 is 1.66 bits per heavy atom. The van der Waals surface area contributed by atoms with E-state index in [2.05, 4.69) is 4.99 Å². The first-order valence-electron chi connectivity index (χ1n) is 8.12. The highest BCUT2D eigenvalue weighted by molar-refractivity contribution is 6.10. The smallest absolute Gasteiger partial charge is 0.323 e. The van der Waals surface area contributed by atoms with E-state index in [0.717, 1.165) is 0 Å². The van der Waals surface area contributed by atoms with Crippen LogP contribution in [0.5, 0.6) is 0 Å². The van der Waals surface area contributed by atoms with Gasteiger partial charge in [-0.1, -0.05) is 30.3 Å². The maximum absolute atomic E-state index is 14.6. The predicted molar refractivity (Wildman–Crippen MR) is 86.9 cm³/mol. The molecule has 2 aliphatic rings. The fourth-order valence-electron chi connectivity index (χ4n) is 3.02. The molecule has 0 atom stereocenters.